The number of furan rings is 1. The van der Waals surface area contributed by atoms with E-state index in [1.54, 1.807) is 37.0 Å². The molecule has 0 saturated carbocycles. The highest BCUT2D eigenvalue weighted by molar-refractivity contribution is 7.20. The van der Waals surface area contributed by atoms with E-state index in [0.717, 1.165) is 22.3 Å². The van der Waals surface area contributed by atoms with Gasteiger partial charge >= 0.3 is 0 Å². The van der Waals surface area contributed by atoms with E-state index >= 15 is 0 Å². The summed E-state index contributed by atoms with van der Waals surface area (Å²) in [4.78, 5) is 36.8. The fourth-order valence-corrected chi connectivity index (χ4v) is 5.08. The molecule has 1 N–H and O–H groups in total. The van der Waals surface area contributed by atoms with E-state index < -0.39 is 0 Å². The monoisotopic (exact) mass is 459 g/mol. The number of hydrogen-bond acceptors (Lipinski definition) is 6. The Kier molecular flexibility index (Phi) is 4.98. The number of aryl methyl sites for hydroxylation is 2. The second-order valence-electron chi connectivity index (χ2n) is 7.74. The Bertz CT molecular complexity index is 1560. The smallest absolute Gasteiger partial charge is 0.295 e. The van der Waals surface area contributed by atoms with Crippen molar-refractivity contribution in [3.8, 4) is 17.3 Å². The van der Waals surface area contributed by atoms with E-state index in [1.807, 2.05) is 44.2 Å². The van der Waals surface area contributed by atoms with Gasteiger partial charge in [0, 0.05) is 12.4 Å². The van der Waals surface area contributed by atoms with Crippen LogP contribution < -0.4 is 10.9 Å². The second-order valence-corrected chi connectivity index (χ2v) is 8.74. The zero-order valence-electron chi connectivity index (χ0n) is 18.5. The van der Waals surface area contributed by atoms with Crippen LogP contribution in [0.15, 0.2) is 57.9 Å². The maximum Gasteiger partial charge on any atom is 0.295 e. The van der Waals surface area contributed by atoms with E-state index in [1.165, 1.54) is 16.0 Å². The van der Waals surface area contributed by atoms with Gasteiger partial charge in [0.1, 0.15) is 10.5 Å². The van der Waals surface area contributed by atoms with Gasteiger partial charge in [-0.3, -0.25) is 14.3 Å². The van der Waals surface area contributed by atoms with E-state index in [4.69, 9.17) is 4.42 Å². The van der Waals surface area contributed by atoms with Crippen LogP contribution in [0.3, 0.4) is 0 Å². The van der Waals surface area contributed by atoms with Gasteiger partial charge in [0.05, 0.1) is 28.2 Å². The number of fused-ring (bicyclic) bond motifs is 1. The molecule has 166 valence electrons. The number of aromatic nitrogens is 4. The number of para-hydroxylation sites is 1. The van der Waals surface area contributed by atoms with Crippen LogP contribution in [-0.2, 0) is 7.05 Å². The molecule has 0 unspecified atom stereocenters. The number of nitrogens with zero attached hydrogens (tertiary/aromatic N) is 4. The minimum Gasteiger partial charge on any atom is -0.461 e. The van der Waals surface area contributed by atoms with Gasteiger partial charge in [-0.05, 0) is 50.6 Å². The van der Waals surface area contributed by atoms with Crippen molar-refractivity contribution in [3.05, 3.63) is 80.9 Å². The molecule has 33 heavy (non-hydrogen) atoms. The van der Waals surface area contributed by atoms with Gasteiger partial charge in [-0.25, -0.2) is 14.6 Å². The number of carbonyl (C=O) groups excluding carboxylic acids is 1. The lowest BCUT2D eigenvalue weighted by atomic mass is 10.1. The Morgan fingerprint density at radius 3 is 2.52 bits per heavy atom. The van der Waals surface area contributed by atoms with Crippen molar-refractivity contribution in [1.82, 2.24) is 19.3 Å². The predicted molar refractivity (Wildman–Crippen MR) is 128 cm³/mol. The SMILES string of the molecule is Cc1nc(-c2ccco2)nc2sc(C(=O)Nc3c(C)n(C)n(-c4ccccc4)c3=O)c(C)c12. The first kappa shape index (κ1) is 20.9. The van der Waals surface area contributed by atoms with Gasteiger partial charge in [-0.15, -0.1) is 11.3 Å². The highest BCUT2D eigenvalue weighted by Crippen LogP contribution is 2.33. The van der Waals surface area contributed by atoms with Crippen LogP contribution in [0.4, 0.5) is 5.69 Å². The van der Waals surface area contributed by atoms with Gasteiger partial charge in [0.2, 0.25) is 0 Å². The third-order valence-electron chi connectivity index (χ3n) is 5.71. The summed E-state index contributed by atoms with van der Waals surface area (Å²) in [6, 6.07) is 12.9. The number of thiophene rings is 1. The van der Waals surface area contributed by atoms with E-state index in [0.29, 0.717) is 27.0 Å². The van der Waals surface area contributed by atoms with Gasteiger partial charge in [0.25, 0.3) is 11.5 Å². The summed E-state index contributed by atoms with van der Waals surface area (Å²) in [5.74, 6) is 0.696. The Labute approximate surface area is 193 Å². The first-order chi connectivity index (χ1) is 15.9. The molecule has 9 heteroatoms. The molecular formula is C24H21N5O3S. The standard InChI is InChI=1S/C24H21N5O3S/c1-13-18-14(2)25-21(17-11-8-12-32-17)27-23(18)33-20(13)22(30)26-19-15(3)28(4)29(24(19)31)16-9-6-5-7-10-16/h5-12H,1-4H3,(H,26,30). The number of nitrogens with one attached hydrogen (secondary N) is 1. The summed E-state index contributed by atoms with van der Waals surface area (Å²) in [6.45, 7) is 5.56. The van der Waals surface area contributed by atoms with Gasteiger partial charge < -0.3 is 9.73 Å². The molecule has 4 aromatic heterocycles. The van der Waals surface area contributed by atoms with Crippen LogP contribution in [0.25, 0.3) is 27.5 Å². The first-order valence-electron chi connectivity index (χ1n) is 10.3. The van der Waals surface area contributed by atoms with Gasteiger partial charge in [-0.2, -0.15) is 0 Å². The molecule has 1 aromatic carbocycles. The highest BCUT2D eigenvalue weighted by Gasteiger charge is 2.23. The Hall–Kier alpha value is -3.98. The Balaban J connectivity index is 1.55. The molecule has 0 bridgehead atoms. The van der Waals surface area contributed by atoms with Crippen LogP contribution >= 0.6 is 11.3 Å². The summed E-state index contributed by atoms with van der Waals surface area (Å²) >= 11 is 1.28. The van der Waals surface area contributed by atoms with Crippen LogP contribution in [0.1, 0.15) is 26.6 Å². The highest BCUT2D eigenvalue weighted by atomic mass is 32.1. The zero-order chi connectivity index (χ0) is 23.3. The van der Waals surface area contributed by atoms with Crippen molar-refractivity contribution in [2.75, 3.05) is 5.32 Å². The van der Waals surface area contributed by atoms with Crippen molar-refractivity contribution in [2.45, 2.75) is 20.8 Å². The lowest BCUT2D eigenvalue weighted by molar-refractivity contribution is 0.103. The van der Waals surface area contributed by atoms with Crippen LogP contribution in [0, 0.1) is 20.8 Å². The molecule has 5 aromatic rings. The molecule has 0 fully saturated rings. The summed E-state index contributed by atoms with van der Waals surface area (Å²) in [5.41, 5.74) is 2.90. The van der Waals surface area contributed by atoms with Crippen molar-refractivity contribution in [1.29, 1.82) is 0 Å². The summed E-state index contributed by atoms with van der Waals surface area (Å²) in [7, 11) is 1.79. The molecule has 5 rings (SSSR count). The number of amides is 1. The summed E-state index contributed by atoms with van der Waals surface area (Å²) in [6.07, 6.45) is 1.57. The van der Waals surface area contributed by atoms with E-state index in [2.05, 4.69) is 15.3 Å². The Morgan fingerprint density at radius 2 is 1.82 bits per heavy atom. The van der Waals surface area contributed by atoms with Crippen LogP contribution in [0.5, 0.6) is 0 Å². The van der Waals surface area contributed by atoms with Crippen molar-refractivity contribution < 1.29 is 9.21 Å². The van der Waals surface area contributed by atoms with Crippen molar-refractivity contribution in [3.63, 3.8) is 0 Å². The van der Waals surface area contributed by atoms with E-state index in [9.17, 15) is 9.59 Å². The minimum absolute atomic E-state index is 0.252. The number of carbonyl (C=O) groups is 1. The maximum absolute atomic E-state index is 13.3. The van der Waals surface area contributed by atoms with Crippen LogP contribution in [0.2, 0.25) is 0 Å². The fraction of sp³-hybridized carbons (Fsp3) is 0.167. The topological polar surface area (TPSA) is 94.9 Å². The predicted octanol–water partition coefficient (Wildman–Crippen LogP) is 4.62. The lowest BCUT2D eigenvalue weighted by Crippen LogP contribution is -2.22. The molecule has 0 radical (unpaired) electrons. The zero-order valence-corrected chi connectivity index (χ0v) is 19.4. The van der Waals surface area contributed by atoms with Crippen LogP contribution in [-0.4, -0.2) is 25.2 Å². The lowest BCUT2D eigenvalue weighted by Gasteiger charge is -2.07. The molecule has 1 amide bonds. The van der Waals surface area contributed by atoms with Crippen molar-refractivity contribution >= 4 is 33.1 Å². The van der Waals surface area contributed by atoms with Crippen molar-refractivity contribution in [2.24, 2.45) is 7.05 Å². The number of benzene rings is 1. The molecule has 0 aliphatic heterocycles. The van der Waals surface area contributed by atoms with Gasteiger partial charge in [-0.1, -0.05) is 18.2 Å². The number of hydrogen-bond donors (Lipinski definition) is 1. The second kappa shape index (κ2) is 7.86. The first-order valence-corrected chi connectivity index (χ1v) is 11.2. The molecule has 0 aliphatic rings. The van der Waals surface area contributed by atoms with E-state index in [-0.39, 0.29) is 17.2 Å². The molecule has 4 heterocycles. The normalized spacial score (nSPS) is 11.3. The quantitative estimate of drug-likeness (QED) is 0.423. The Morgan fingerprint density at radius 1 is 1.06 bits per heavy atom. The minimum atomic E-state index is -0.347. The summed E-state index contributed by atoms with van der Waals surface area (Å²) < 4.78 is 8.69. The summed E-state index contributed by atoms with van der Waals surface area (Å²) in [5, 5.41) is 3.68. The molecule has 0 aliphatic carbocycles. The fourth-order valence-electron chi connectivity index (χ4n) is 3.95. The number of rotatable bonds is 4. The van der Waals surface area contributed by atoms with Gasteiger partial charge in [0.15, 0.2) is 11.6 Å². The molecular weight excluding hydrogens is 438 g/mol. The maximum atomic E-state index is 13.3. The third kappa shape index (κ3) is 3.37. The molecule has 0 saturated heterocycles. The largest absolute Gasteiger partial charge is 0.461 e. The molecule has 0 spiro atoms. The molecule has 8 nitrogen and oxygen atoms in total. The molecule has 0 atom stereocenters. The third-order valence-corrected chi connectivity index (χ3v) is 6.90. The average molecular weight is 460 g/mol. The number of anilines is 1. The average Bonchev–Trinajstić information content (AvgIpc) is 3.50.